The smallest absolute Gasteiger partial charge is 0.463 e. The van der Waals surface area contributed by atoms with Gasteiger partial charge in [0.15, 0.2) is 0 Å². The van der Waals surface area contributed by atoms with Gasteiger partial charge in [-0.15, -0.1) is 0 Å². The molecule has 0 aliphatic rings. The Bertz CT molecular complexity index is 472. The molecule has 5 nitrogen and oxygen atoms in total. The quantitative estimate of drug-likeness (QED) is 0.249. The highest BCUT2D eigenvalue weighted by Crippen LogP contribution is 2.18. The van der Waals surface area contributed by atoms with Crippen molar-refractivity contribution >= 4 is 20.8 Å². The summed E-state index contributed by atoms with van der Waals surface area (Å²) in [6.45, 7) is 7.74. The van der Waals surface area contributed by atoms with Gasteiger partial charge in [-0.25, -0.2) is 4.79 Å². The molecule has 0 radical (unpaired) electrons. The lowest BCUT2D eigenvalue weighted by atomic mass is 10.2. The first kappa shape index (κ1) is 20.6. The first-order valence-corrected chi connectivity index (χ1v) is 10.4. The Balaban J connectivity index is 2.38. The van der Waals surface area contributed by atoms with Gasteiger partial charge in [-0.3, -0.25) is 0 Å². The van der Waals surface area contributed by atoms with Crippen molar-refractivity contribution in [3.63, 3.8) is 0 Å². The van der Waals surface area contributed by atoms with Crippen LogP contribution in [0.25, 0.3) is 6.08 Å². The molecular weight excluding hydrogens is 324 g/mol. The summed E-state index contributed by atoms with van der Waals surface area (Å²) in [6, 6.07) is 10.3. The maximum atomic E-state index is 11.7. The molecule has 1 aromatic rings. The predicted molar refractivity (Wildman–Crippen MR) is 96.5 cm³/mol. The van der Waals surface area contributed by atoms with Crippen LogP contribution in [0.1, 0.15) is 32.8 Å². The van der Waals surface area contributed by atoms with Gasteiger partial charge >= 0.3 is 14.8 Å². The first-order chi connectivity index (χ1) is 11.7. The van der Waals surface area contributed by atoms with E-state index in [1.807, 2.05) is 51.1 Å². The molecule has 0 N–H and O–H groups in total. The molecule has 0 saturated heterocycles. The van der Waals surface area contributed by atoms with Gasteiger partial charge in [0.1, 0.15) is 0 Å². The Labute approximate surface area is 145 Å². The van der Waals surface area contributed by atoms with Crippen LogP contribution < -0.4 is 0 Å². The Morgan fingerprint density at radius 3 is 2.12 bits per heavy atom. The molecule has 0 fully saturated rings. The van der Waals surface area contributed by atoms with Crippen LogP contribution in [0.2, 0.25) is 6.04 Å². The predicted octanol–water partition coefficient (Wildman–Crippen LogP) is 3.68. The van der Waals surface area contributed by atoms with Crippen LogP contribution in [0.4, 0.5) is 0 Å². The fourth-order valence-electron chi connectivity index (χ4n) is 2.24. The molecule has 0 saturated carbocycles. The van der Waals surface area contributed by atoms with E-state index in [-0.39, 0.29) is 5.97 Å². The number of hydrogen-bond acceptors (Lipinski definition) is 5. The molecule has 6 heteroatoms. The van der Waals surface area contributed by atoms with Crippen LogP contribution in [0.3, 0.4) is 0 Å². The number of carbonyl (C=O) groups excluding carboxylic acids is 1. The molecule has 1 rings (SSSR count). The van der Waals surface area contributed by atoms with E-state index in [1.165, 1.54) is 6.08 Å². The highest BCUT2D eigenvalue weighted by molar-refractivity contribution is 6.60. The number of rotatable bonds is 12. The number of carbonyl (C=O) groups is 1. The largest absolute Gasteiger partial charge is 0.501 e. The van der Waals surface area contributed by atoms with Gasteiger partial charge < -0.3 is 18.0 Å². The number of hydrogen-bond donors (Lipinski definition) is 0. The summed E-state index contributed by atoms with van der Waals surface area (Å²) in [5.74, 6) is -0.352. The molecule has 0 aliphatic carbocycles. The Hall–Kier alpha value is -1.47. The highest BCUT2D eigenvalue weighted by Gasteiger charge is 2.39. The van der Waals surface area contributed by atoms with Crippen LogP contribution in [0.5, 0.6) is 0 Å². The standard InChI is InChI=1S/C18H28O5Si/c1-4-21-24(22-5-2,23-6-3)16-10-15-20-18(19)14-13-17-11-8-7-9-12-17/h7-9,11-14H,4-6,10,15-16H2,1-3H3. The van der Waals surface area contributed by atoms with Crippen LogP contribution in [0, 0.1) is 0 Å². The van der Waals surface area contributed by atoms with Crippen molar-refractivity contribution in [1.29, 1.82) is 0 Å². The summed E-state index contributed by atoms with van der Waals surface area (Å²) < 4.78 is 22.5. The van der Waals surface area contributed by atoms with E-state index in [4.69, 9.17) is 18.0 Å². The Kier molecular flexibility index (Phi) is 10.3. The normalized spacial score (nSPS) is 11.8. The van der Waals surface area contributed by atoms with Crippen LogP contribution in [-0.4, -0.2) is 41.2 Å². The maximum Gasteiger partial charge on any atom is 0.501 e. The maximum absolute atomic E-state index is 11.7. The molecule has 0 bridgehead atoms. The molecule has 24 heavy (non-hydrogen) atoms. The van der Waals surface area contributed by atoms with E-state index in [1.54, 1.807) is 6.08 Å². The summed E-state index contributed by atoms with van der Waals surface area (Å²) in [7, 11) is -2.65. The zero-order chi connectivity index (χ0) is 17.7. The lowest BCUT2D eigenvalue weighted by molar-refractivity contribution is -0.137. The molecule has 1 aromatic carbocycles. The van der Waals surface area contributed by atoms with E-state index in [0.29, 0.717) is 38.9 Å². The molecule has 0 aromatic heterocycles. The monoisotopic (exact) mass is 352 g/mol. The first-order valence-electron chi connectivity index (χ1n) is 8.47. The van der Waals surface area contributed by atoms with Crippen molar-refractivity contribution < 1.29 is 22.8 Å². The minimum Gasteiger partial charge on any atom is -0.463 e. The van der Waals surface area contributed by atoms with Crippen molar-refractivity contribution in [3.8, 4) is 0 Å². The van der Waals surface area contributed by atoms with Gasteiger partial charge in [0.05, 0.1) is 6.61 Å². The SMILES string of the molecule is CCO[Si](CCCOC(=O)C=Cc1ccccc1)(OCC)OCC. The second kappa shape index (κ2) is 12.0. The third kappa shape index (κ3) is 7.87. The molecule has 0 unspecified atom stereocenters. The molecule has 0 aliphatic heterocycles. The number of esters is 1. The van der Waals surface area contributed by atoms with Gasteiger partial charge in [0, 0.05) is 31.9 Å². The number of benzene rings is 1. The van der Waals surface area contributed by atoms with E-state index in [2.05, 4.69) is 0 Å². The average Bonchev–Trinajstić information content (AvgIpc) is 2.59. The van der Waals surface area contributed by atoms with Crippen LogP contribution in [0.15, 0.2) is 36.4 Å². The van der Waals surface area contributed by atoms with Gasteiger partial charge in [0.25, 0.3) is 0 Å². The lowest BCUT2D eigenvalue weighted by Crippen LogP contribution is -2.46. The topological polar surface area (TPSA) is 54.0 Å². The summed E-state index contributed by atoms with van der Waals surface area (Å²) in [5, 5.41) is 0. The highest BCUT2D eigenvalue weighted by atomic mass is 28.4. The second-order valence-corrected chi connectivity index (χ2v) is 7.73. The second-order valence-electron chi connectivity index (χ2n) is 5.00. The summed E-state index contributed by atoms with van der Waals surface area (Å²) >= 11 is 0. The van der Waals surface area contributed by atoms with Gasteiger partial charge in [-0.2, -0.15) is 0 Å². The molecular formula is C18H28O5Si. The number of ether oxygens (including phenoxy) is 1. The van der Waals surface area contributed by atoms with Crippen molar-refractivity contribution in [2.75, 3.05) is 26.4 Å². The Morgan fingerprint density at radius 1 is 1.00 bits per heavy atom. The van der Waals surface area contributed by atoms with E-state index in [0.717, 1.165) is 5.56 Å². The molecule has 0 spiro atoms. The van der Waals surface area contributed by atoms with Gasteiger partial charge in [-0.05, 0) is 38.8 Å². The van der Waals surface area contributed by atoms with Crippen LogP contribution >= 0.6 is 0 Å². The van der Waals surface area contributed by atoms with Crippen molar-refractivity contribution in [3.05, 3.63) is 42.0 Å². The van der Waals surface area contributed by atoms with Crippen molar-refractivity contribution in [1.82, 2.24) is 0 Å². The average molecular weight is 353 g/mol. The van der Waals surface area contributed by atoms with E-state index in [9.17, 15) is 4.79 Å². The summed E-state index contributed by atoms with van der Waals surface area (Å²) in [5.41, 5.74) is 0.963. The molecule has 0 amide bonds. The fraction of sp³-hybridized carbons (Fsp3) is 0.500. The minimum atomic E-state index is -2.65. The third-order valence-corrected chi connectivity index (χ3v) is 6.33. The van der Waals surface area contributed by atoms with Crippen LogP contribution in [-0.2, 0) is 22.8 Å². The molecule has 0 atom stereocenters. The third-order valence-electron chi connectivity index (χ3n) is 3.18. The lowest BCUT2D eigenvalue weighted by Gasteiger charge is -2.28. The fourth-order valence-corrected chi connectivity index (χ4v) is 4.82. The van der Waals surface area contributed by atoms with E-state index >= 15 is 0 Å². The Morgan fingerprint density at radius 2 is 1.58 bits per heavy atom. The molecule has 0 heterocycles. The summed E-state index contributed by atoms with van der Waals surface area (Å²) in [4.78, 5) is 11.7. The van der Waals surface area contributed by atoms with Gasteiger partial charge in [-0.1, -0.05) is 30.3 Å². The zero-order valence-corrected chi connectivity index (χ0v) is 15.8. The summed E-state index contributed by atoms with van der Waals surface area (Å²) in [6.07, 6.45) is 3.83. The molecule has 134 valence electrons. The van der Waals surface area contributed by atoms with Crippen molar-refractivity contribution in [2.24, 2.45) is 0 Å². The minimum absolute atomic E-state index is 0.319. The zero-order valence-electron chi connectivity index (χ0n) is 14.8. The van der Waals surface area contributed by atoms with E-state index < -0.39 is 8.80 Å². The van der Waals surface area contributed by atoms with Crippen molar-refractivity contribution in [2.45, 2.75) is 33.2 Å². The van der Waals surface area contributed by atoms with Gasteiger partial charge in [0.2, 0.25) is 0 Å².